The van der Waals surface area contributed by atoms with E-state index in [0.29, 0.717) is 53.5 Å². The lowest BCUT2D eigenvalue weighted by Gasteiger charge is -2.41. The van der Waals surface area contributed by atoms with Gasteiger partial charge in [-0.05, 0) is 37.2 Å². The quantitative estimate of drug-likeness (QED) is 0.479. The predicted molar refractivity (Wildman–Crippen MR) is 136 cm³/mol. The number of nitro groups is 1. The molecule has 6 aliphatic rings. The van der Waals surface area contributed by atoms with Crippen LogP contribution in [0.15, 0.2) is 51.9 Å². The number of amidine groups is 1. The zero-order valence-electron chi connectivity index (χ0n) is 19.4. The van der Waals surface area contributed by atoms with Crippen LogP contribution in [0.3, 0.4) is 0 Å². The summed E-state index contributed by atoms with van der Waals surface area (Å²) in [5.41, 5.74) is 11.0. The maximum Gasteiger partial charge on any atom is 0.269 e. The fraction of sp³-hybridized carbons (Fsp3) is 0.346. The summed E-state index contributed by atoms with van der Waals surface area (Å²) in [4.78, 5) is 33.7. The topological polar surface area (TPSA) is 129 Å². The number of nitro benzene ring substituents is 1. The van der Waals surface area contributed by atoms with Gasteiger partial charge in [0.15, 0.2) is 11.6 Å². The van der Waals surface area contributed by atoms with Crippen molar-refractivity contribution in [3.05, 3.63) is 73.7 Å². The Morgan fingerprint density at radius 3 is 2.78 bits per heavy atom. The standard InChI is InChI=1S/C26H22N6O3S/c27-12-16-19(14-3-1-4-15(11-14)32(34)35)21-17(5-2-6-18(21)33)31-24(16)29-23(28)22-20-13-7-9-30(10-8-13)25(20)36-26(22)31/h1,3-4,11,13,19H,2,5-10H2,(H2,28,29)/t19-/m0/s1. The Morgan fingerprint density at radius 1 is 1.22 bits per heavy atom. The van der Waals surface area contributed by atoms with Crippen molar-refractivity contribution in [3.8, 4) is 6.07 Å². The zero-order valence-corrected chi connectivity index (χ0v) is 20.2. The minimum absolute atomic E-state index is 0.0197. The molecule has 2 aromatic rings. The van der Waals surface area contributed by atoms with Gasteiger partial charge in [-0.3, -0.25) is 19.8 Å². The van der Waals surface area contributed by atoms with E-state index in [1.807, 2.05) is 4.90 Å². The largest absolute Gasteiger partial charge is 0.383 e. The number of aliphatic imine (C=N–C) groups is 1. The molecule has 5 aliphatic heterocycles. The number of rotatable bonds is 2. The molecule has 2 bridgehead atoms. The lowest BCUT2D eigenvalue weighted by molar-refractivity contribution is -0.384. The van der Waals surface area contributed by atoms with E-state index in [4.69, 9.17) is 10.7 Å². The summed E-state index contributed by atoms with van der Waals surface area (Å²) in [6.45, 7) is 2.06. The smallest absolute Gasteiger partial charge is 0.269 e. The van der Waals surface area contributed by atoms with E-state index in [2.05, 4.69) is 11.0 Å². The van der Waals surface area contributed by atoms with Gasteiger partial charge in [0.1, 0.15) is 10.8 Å². The summed E-state index contributed by atoms with van der Waals surface area (Å²) in [5.74, 6) is 0.557. The number of piperidine rings is 1. The normalized spacial score (nSPS) is 22.6. The van der Waals surface area contributed by atoms with Crippen LogP contribution in [-0.2, 0) is 4.79 Å². The van der Waals surface area contributed by atoms with Gasteiger partial charge in [0.05, 0.1) is 33.0 Å². The molecule has 1 atom stereocenters. The monoisotopic (exact) mass is 498 g/mol. The molecule has 36 heavy (non-hydrogen) atoms. The lowest BCUT2D eigenvalue weighted by Crippen LogP contribution is -2.40. The Balaban J connectivity index is 1.50. The molecule has 2 N–H and O–H groups in total. The van der Waals surface area contributed by atoms with Gasteiger partial charge in [-0.2, -0.15) is 5.26 Å². The van der Waals surface area contributed by atoms with E-state index < -0.39 is 10.8 Å². The van der Waals surface area contributed by atoms with E-state index >= 15 is 0 Å². The van der Waals surface area contributed by atoms with Crippen molar-refractivity contribution in [1.29, 1.82) is 5.26 Å². The molecule has 8 rings (SSSR count). The van der Waals surface area contributed by atoms with Crippen LogP contribution in [0.2, 0.25) is 0 Å². The van der Waals surface area contributed by atoms with Gasteiger partial charge in [0, 0.05) is 48.5 Å². The number of nitriles is 1. The van der Waals surface area contributed by atoms with Gasteiger partial charge >= 0.3 is 0 Å². The molecule has 1 aromatic heterocycles. The van der Waals surface area contributed by atoms with Crippen molar-refractivity contribution < 1.29 is 9.72 Å². The first-order chi connectivity index (χ1) is 17.5. The van der Waals surface area contributed by atoms with Crippen LogP contribution in [0.5, 0.6) is 0 Å². The molecule has 0 spiro atoms. The highest BCUT2D eigenvalue weighted by Crippen LogP contribution is 2.57. The highest BCUT2D eigenvalue weighted by molar-refractivity contribution is 7.21. The minimum atomic E-state index is -0.712. The van der Waals surface area contributed by atoms with E-state index in [1.165, 1.54) is 22.7 Å². The number of carbonyl (C=O) groups excluding carboxylic acids is 1. The zero-order chi connectivity index (χ0) is 24.7. The molecular weight excluding hydrogens is 476 g/mol. The third-order valence-electron chi connectivity index (χ3n) is 8.05. The molecule has 1 saturated heterocycles. The molecule has 1 aliphatic carbocycles. The van der Waals surface area contributed by atoms with Gasteiger partial charge in [-0.25, -0.2) is 4.99 Å². The number of ketones is 1. The van der Waals surface area contributed by atoms with Crippen molar-refractivity contribution in [3.63, 3.8) is 0 Å². The highest BCUT2D eigenvalue weighted by atomic mass is 32.1. The van der Waals surface area contributed by atoms with Crippen molar-refractivity contribution >= 4 is 38.6 Å². The van der Waals surface area contributed by atoms with E-state index in [-0.39, 0.29) is 11.5 Å². The molecule has 180 valence electrons. The van der Waals surface area contributed by atoms with Crippen molar-refractivity contribution in [2.75, 3.05) is 22.9 Å². The number of hydrogen-bond acceptors (Lipinski definition) is 9. The summed E-state index contributed by atoms with van der Waals surface area (Å²) in [6, 6.07) is 8.53. The molecule has 0 unspecified atom stereocenters. The second kappa shape index (κ2) is 7.51. The second-order valence-electron chi connectivity index (χ2n) is 9.87. The molecule has 10 heteroatoms. The third-order valence-corrected chi connectivity index (χ3v) is 9.30. The van der Waals surface area contributed by atoms with E-state index in [9.17, 15) is 20.2 Å². The number of thiophene rings is 1. The van der Waals surface area contributed by atoms with Crippen LogP contribution in [0.4, 0.5) is 15.7 Å². The first-order valence-corrected chi connectivity index (χ1v) is 13.0. The number of non-ortho nitro benzene ring substituents is 1. The van der Waals surface area contributed by atoms with Crippen molar-refractivity contribution in [2.45, 2.75) is 43.9 Å². The Morgan fingerprint density at radius 2 is 2.03 bits per heavy atom. The molecular formula is C26H22N6O3S. The van der Waals surface area contributed by atoms with Gasteiger partial charge in [0.25, 0.3) is 5.69 Å². The minimum Gasteiger partial charge on any atom is -0.383 e. The Kier molecular flexibility index (Phi) is 4.45. The summed E-state index contributed by atoms with van der Waals surface area (Å²) < 4.78 is 0. The molecule has 0 saturated carbocycles. The van der Waals surface area contributed by atoms with Gasteiger partial charge < -0.3 is 10.6 Å². The van der Waals surface area contributed by atoms with Crippen LogP contribution in [0.1, 0.15) is 60.6 Å². The molecule has 0 radical (unpaired) electrons. The van der Waals surface area contributed by atoms with Gasteiger partial charge in [0.2, 0.25) is 0 Å². The number of nitrogens with zero attached hydrogens (tertiary/aromatic N) is 5. The average Bonchev–Trinajstić information content (AvgIpc) is 3.32. The fourth-order valence-electron chi connectivity index (χ4n) is 6.50. The fourth-order valence-corrected chi connectivity index (χ4v) is 7.98. The number of nitrogens with two attached hydrogens (primary N) is 1. The van der Waals surface area contributed by atoms with E-state index in [1.54, 1.807) is 23.5 Å². The first-order valence-electron chi connectivity index (χ1n) is 12.2. The number of hydrogen-bond donors (Lipinski definition) is 1. The van der Waals surface area contributed by atoms with Gasteiger partial charge in [-0.1, -0.05) is 23.5 Å². The number of allylic oxidation sites excluding steroid dienone is 3. The summed E-state index contributed by atoms with van der Waals surface area (Å²) in [7, 11) is 0. The highest BCUT2D eigenvalue weighted by Gasteiger charge is 2.46. The van der Waals surface area contributed by atoms with Crippen molar-refractivity contribution in [2.24, 2.45) is 10.7 Å². The number of fused-ring (bicyclic) bond motifs is 6. The summed E-state index contributed by atoms with van der Waals surface area (Å²) >= 11 is 1.68. The maximum atomic E-state index is 13.4. The molecule has 9 nitrogen and oxygen atoms in total. The Bertz CT molecular complexity index is 1520. The van der Waals surface area contributed by atoms with Crippen LogP contribution >= 0.6 is 11.3 Å². The molecule has 1 aromatic carbocycles. The summed E-state index contributed by atoms with van der Waals surface area (Å²) in [6.07, 6.45) is 3.95. The number of Topliss-reactive ketones (excluding diaryl/α,β-unsaturated/α-hetero) is 1. The lowest BCUT2D eigenvalue weighted by atomic mass is 9.75. The maximum absolute atomic E-state index is 13.4. The average molecular weight is 499 g/mol. The van der Waals surface area contributed by atoms with Gasteiger partial charge in [-0.15, -0.1) is 0 Å². The van der Waals surface area contributed by atoms with Crippen LogP contribution in [0, 0.1) is 21.4 Å². The summed E-state index contributed by atoms with van der Waals surface area (Å²) in [5, 5.41) is 24.1. The number of benzene rings is 1. The number of carbonyl (C=O) groups is 1. The molecule has 1 fully saturated rings. The SMILES string of the molecule is N#CC1=C2N=C(N)c3c(sc4c3C3CCN4CC3)N2C2=C(C(=O)CCC2)[C@H]1c1cccc([N+](=O)[O-])c1. The Labute approximate surface area is 211 Å². The predicted octanol–water partition coefficient (Wildman–Crippen LogP) is 4.42. The third kappa shape index (κ3) is 2.74. The molecule has 0 amide bonds. The first kappa shape index (κ1) is 21.3. The van der Waals surface area contributed by atoms with Crippen molar-refractivity contribution in [1.82, 2.24) is 0 Å². The second-order valence-corrected chi connectivity index (χ2v) is 10.8. The molecule has 6 heterocycles. The Hall–Kier alpha value is -3.97. The van der Waals surface area contributed by atoms with Crippen LogP contribution in [-0.4, -0.2) is 29.6 Å². The van der Waals surface area contributed by atoms with Crippen LogP contribution < -0.4 is 15.5 Å². The number of anilines is 2. The van der Waals surface area contributed by atoms with E-state index in [0.717, 1.165) is 42.2 Å². The van der Waals surface area contributed by atoms with Crippen LogP contribution in [0.25, 0.3) is 0 Å².